The van der Waals surface area contributed by atoms with Crippen LogP contribution in [-0.4, -0.2) is 38.4 Å². The van der Waals surface area contributed by atoms with E-state index in [4.69, 9.17) is 4.74 Å². The normalized spacial score (nSPS) is 11.2. The fourth-order valence-corrected chi connectivity index (χ4v) is 3.75. The van der Waals surface area contributed by atoms with E-state index >= 15 is 0 Å². The first-order chi connectivity index (χ1) is 18.9. The van der Waals surface area contributed by atoms with E-state index in [0.29, 0.717) is 40.9 Å². The number of aryl methyl sites for hydroxylation is 1. The number of hydrogen-bond donors (Lipinski definition) is 2. The standard InChI is InChI=1S/C27H22F4N6O3/c1-4-40-24-12-18(9-20(36-24)16-5-8-33-23(11-16)35-15(3)38)19-13-21(25(28)34-14(19)2)37-26(39)17-6-7-32-22(10-17)27(29,30)31/h5-13H,4H2,1-3H3,(H,37,39)(H,33,35,38). The second kappa shape index (κ2) is 11.4. The molecule has 4 aromatic rings. The topological polar surface area (TPSA) is 119 Å². The zero-order chi connectivity index (χ0) is 29.0. The van der Waals surface area contributed by atoms with Crippen molar-refractivity contribution in [3.8, 4) is 28.3 Å². The average molecular weight is 555 g/mol. The van der Waals surface area contributed by atoms with E-state index in [9.17, 15) is 27.2 Å². The summed E-state index contributed by atoms with van der Waals surface area (Å²) in [5.74, 6) is -1.74. The van der Waals surface area contributed by atoms with Crippen molar-refractivity contribution in [1.82, 2.24) is 19.9 Å². The van der Waals surface area contributed by atoms with Crippen molar-refractivity contribution in [2.24, 2.45) is 0 Å². The number of ether oxygens (including phenoxy) is 1. The Kier molecular flexibility index (Phi) is 8.03. The van der Waals surface area contributed by atoms with Crippen molar-refractivity contribution in [3.05, 3.63) is 77.8 Å². The van der Waals surface area contributed by atoms with Gasteiger partial charge in [0.15, 0.2) is 0 Å². The molecule has 0 bridgehead atoms. The summed E-state index contributed by atoms with van der Waals surface area (Å²) in [5.41, 5.74) is 0.270. The number of anilines is 2. The zero-order valence-electron chi connectivity index (χ0n) is 21.4. The van der Waals surface area contributed by atoms with Gasteiger partial charge in [-0.1, -0.05) is 0 Å². The summed E-state index contributed by atoms with van der Waals surface area (Å²) in [4.78, 5) is 39.9. The SMILES string of the molecule is CCOc1cc(-c2cc(NC(=O)c3ccnc(C(F)(F)F)c3)c(F)nc2C)cc(-c2ccnc(NC(C)=O)c2)n1. The molecule has 0 unspecified atom stereocenters. The van der Waals surface area contributed by atoms with Crippen molar-refractivity contribution in [2.45, 2.75) is 26.9 Å². The van der Waals surface area contributed by atoms with Crippen molar-refractivity contribution < 1.29 is 31.9 Å². The highest BCUT2D eigenvalue weighted by atomic mass is 19.4. The highest BCUT2D eigenvalue weighted by molar-refractivity contribution is 6.04. The Bertz CT molecular complexity index is 1590. The molecule has 0 saturated carbocycles. The fourth-order valence-electron chi connectivity index (χ4n) is 3.75. The zero-order valence-corrected chi connectivity index (χ0v) is 21.4. The van der Waals surface area contributed by atoms with Crippen LogP contribution in [0.3, 0.4) is 0 Å². The van der Waals surface area contributed by atoms with Crippen LogP contribution in [0.25, 0.3) is 22.4 Å². The van der Waals surface area contributed by atoms with Gasteiger partial charge in [-0.15, -0.1) is 0 Å². The molecule has 4 rings (SSSR count). The number of alkyl halides is 3. The van der Waals surface area contributed by atoms with Gasteiger partial charge in [0.05, 0.1) is 18.0 Å². The van der Waals surface area contributed by atoms with Crippen molar-refractivity contribution in [3.63, 3.8) is 0 Å². The van der Waals surface area contributed by atoms with Crippen LogP contribution in [0.4, 0.5) is 29.1 Å². The van der Waals surface area contributed by atoms with E-state index in [2.05, 4.69) is 30.6 Å². The van der Waals surface area contributed by atoms with Crippen LogP contribution in [0.5, 0.6) is 5.88 Å². The lowest BCUT2D eigenvalue weighted by Crippen LogP contribution is -2.16. The van der Waals surface area contributed by atoms with Gasteiger partial charge in [0.25, 0.3) is 5.91 Å². The third-order valence-electron chi connectivity index (χ3n) is 5.49. The molecule has 0 spiro atoms. The summed E-state index contributed by atoms with van der Waals surface area (Å²) in [7, 11) is 0. The average Bonchev–Trinajstić information content (AvgIpc) is 2.89. The number of carbonyl (C=O) groups excluding carboxylic acids is 2. The van der Waals surface area contributed by atoms with Gasteiger partial charge in [-0.25, -0.2) is 15.0 Å². The molecule has 0 aromatic carbocycles. The first-order valence-electron chi connectivity index (χ1n) is 11.9. The highest BCUT2D eigenvalue weighted by Gasteiger charge is 2.33. The van der Waals surface area contributed by atoms with Crippen LogP contribution in [0.2, 0.25) is 0 Å². The minimum atomic E-state index is -4.75. The summed E-state index contributed by atoms with van der Waals surface area (Å²) in [6.07, 6.45) is -2.41. The lowest BCUT2D eigenvalue weighted by atomic mass is 10.0. The van der Waals surface area contributed by atoms with E-state index in [0.717, 1.165) is 12.3 Å². The van der Waals surface area contributed by atoms with E-state index in [1.165, 1.54) is 19.2 Å². The Hall–Kier alpha value is -4.94. The minimum Gasteiger partial charge on any atom is -0.478 e. The summed E-state index contributed by atoms with van der Waals surface area (Å²) >= 11 is 0. The third kappa shape index (κ3) is 6.54. The van der Waals surface area contributed by atoms with E-state index in [1.54, 1.807) is 38.1 Å². The smallest absolute Gasteiger partial charge is 0.433 e. The first kappa shape index (κ1) is 28.1. The number of nitrogens with zero attached hydrogens (tertiary/aromatic N) is 4. The number of pyridine rings is 4. The summed E-state index contributed by atoms with van der Waals surface area (Å²) in [5, 5.41) is 4.89. The minimum absolute atomic E-state index is 0.249. The second-order valence-corrected chi connectivity index (χ2v) is 8.46. The van der Waals surface area contributed by atoms with Gasteiger partial charge in [-0.2, -0.15) is 17.6 Å². The van der Waals surface area contributed by atoms with E-state index in [1.807, 2.05) is 0 Å². The number of nitrogens with one attached hydrogen (secondary N) is 2. The Morgan fingerprint density at radius 1 is 0.950 bits per heavy atom. The fraction of sp³-hybridized carbons (Fsp3) is 0.185. The van der Waals surface area contributed by atoms with Crippen LogP contribution < -0.4 is 15.4 Å². The van der Waals surface area contributed by atoms with Crippen LogP contribution in [0.1, 0.15) is 35.6 Å². The molecule has 206 valence electrons. The Morgan fingerprint density at radius 2 is 1.70 bits per heavy atom. The predicted octanol–water partition coefficient (Wildman–Crippen LogP) is 5.68. The molecule has 0 fully saturated rings. The number of hydrogen-bond acceptors (Lipinski definition) is 7. The first-order valence-corrected chi connectivity index (χ1v) is 11.9. The van der Waals surface area contributed by atoms with Crippen LogP contribution in [0, 0.1) is 12.9 Å². The molecule has 0 radical (unpaired) electrons. The molecule has 0 aliphatic carbocycles. The lowest BCUT2D eigenvalue weighted by molar-refractivity contribution is -0.141. The quantitative estimate of drug-likeness (QED) is 0.223. The summed E-state index contributed by atoms with van der Waals surface area (Å²) < 4.78 is 59.5. The summed E-state index contributed by atoms with van der Waals surface area (Å²) in [6, 6.07) is 9.57. The number of amides is 2. The van der Waals surface area contributed by atoms with Gasteiger partial charge < -0.3 is 15.4 Å². The Balaban J connectivity index is 1.74. The molecular formula is C27H22F4N6O3. The third-order valence-corrected chi connectivity index (χ3v) is 5.49. The Morgan fingerprint density at radius 3 is 2.40 bits per heavy atom. The van der Waals surface area contributed by atoms with Gasteiger partial charge in [0.1, 0.15) is 11.5 Å². The number of halogens is 4. The van der Waals surface area contributed by atoms with Crippen LogP contribution >= 0.6 is 0 Å². The van der Waals surface area contributed by atoms with Crippen molar-refractivity contribution in [1.29, 1.82) is 0 Å². The molecule has 4 aromatic heterocycles. The number of rotatable bonds is 7. The monoisotopic (exact) mass is 554 g/mol. The van der Waals surface area contributed by atoms with Gasteiger partial charge >= 0.3 is 6.18 Å². The number of carbonyl (C=O) groups is 2. The lowest BCUT2D eigenvalue weighted by Gasteiger charge is -2.14. The molecule has 0 atom stereocenters. The van der Waals surface area contributed by atoms with Crippen LogP contribution in [-0.2, 0) is 11.0 Å². The van der Waals surface area contributed by atoms with Crippen molar-refractivity contribution >= 4 is 23.3 Å². The molecule has 0 aliphatic rings. The van der Waals surface area contributed by atoms with Gasteiger partial charge in [-0.3, -0.25) is 14.6 Å². The van der Waals surface area contributed by atoms with E-state index in [-0.39, 0.29) is 28.7 Å². The maximum Gasteiger partial charge on any atom is 0.433 e. The predicted molar refractivity (Wildman–Crippen MR) is 138 cm³/mol. The molecule has 2 amide bonds. The van der Waals surface area contributed by atoms with Gasteiger partial charge in [0, 0.05) is 47.8 Å². The highest BCUT2D eigenvalue weighted by Crippen LogP contribution is 2.33. The molecule has 13 heteroatoms. The van der Waals surface area contributed by atoms with Gasteiger partial charge in [-0.05, 0) is 55.8 Å². The second-order valence-electron chi connectivity index (χ2n) is 8.46. The molecule has 0 aliphatic heterocycles. The maximum absolute atomic E-state index is 14.8. The molecule has 4 heterocycles. The molecule has 9 nitrogen and oxygen atoms in total. The van der Waals surface area contributed by atoms with Crippen molar-refractivity contribution in [2.75, 3.05) is 17.2 Å². The maximum atomic E-state index is 14.8. The molecular weight excluding hydrogens is 532 g/mol. The molecule has 40 heavy (non-hydrogen) atoms. The molecule has 2 N–H and O–H groups in total. The van der Waals surface area contributed by atoms with E-state index < -0.39 is 23.7 Å². The van der Waals surface area contributed by atoms with Crippen LogP contribution in [0.15, 0.2) is 54.9 Å². The molecule has 0 saturated heterocycles. The van der Waals surface area contributed by atoms with Gasteiger partial charge in [0.2, 0.25) is 17.7 Å². The summed E-state index contributed by atoms with van der Waals surface area (Å²) in [6.45, 7) is 4.99. The largest absolute Gasteiger partial charge is 0.478 e. The Labute approximate surface area is 225 Å². The number of aromatic nitrogens is 4.